The van der Waals surface area contributed by atoms with E-state index in [0.29, 0.717) is 42.8 Å². The number of nitrogens with zero attached hydrogens (tertiary/aromatic N) is 2. The molecular weight excluding hydrogens is 443 g/mol. The van der Waals surface area contributed by atoms with Crippen LogP contribution in [0.2, 0.25) is 10.0 Å². The molecule has 3 rings (SSSR count). The maximum Gasteiger partial charge on any atom is 0.280 e. The molecule has 0 radical (unpaired) electrons. The minimum Gasteiger partial charge on any atom is -0.503 e. The van der Waals surface area contributed by atoms with E-state index in [2.05, 4.69) is 21.0 Å². The number of hydrazone groups is 1. The first kappa shape index (κ1) is 18.8. The van der Waals surface area contributed by atoms with Crippen molar-refractivity contribution >= 4 is 62.5 Å². The Balaban J connectivity index is 1.99. The van der Waals surface area contributed by atoms with E-state index in [1.54, 1.807) is 43.3 Å². The Morgan fingerprint density at radius 3 is 2.62 bits per heavy atom. The Kier molecular flexibility index (Phi) is 5.27. The zero-order valence-corrected chi connectivity index (χ0v) is 16.9. The van der Waals surface area contributed by atoms with Gasteiger partial charge in [-0.15, -0.1) is 0 Å². The minimum atomic E-state index is -0.288. The first-order valence-corrected chi connectivity index (χ1v) is 9.00. The molecule has 2 aromatic carbocycles. The van der Waals surface area contributed by atoms with Crippen LogP contribution in [0.5, 0.6) is 11.5 Å². The summed E-state index contributed by atoms with van der Waals surface area (Å²) in [6.45, 7) is 1.74. The number of ether oxygens (including phenoxy) is 1. The van der Waals surface area contributed by atoms with Crippen molar-refractivity contribution in [2.45, 2.75) is 6.92 Å². The Hall–Kier alpha value is -2.02. The Morgan fingerprint density at radius 1 is 1.23 bits per heavy atom. The van der Waals surface area contributed by atoms with Gasteiger partial charge in [0.1, 0.15) is 0 Å². The zero-order chi connectivity index (χ0) is 19.0. The molecule has 1 aliphatic heterocycles. The lowest BCUT2D eigenvalue weighted by atomic mass is 10.1. The molecule has 0 atom stereocenters. The number of amides is 1. The first-order valence-electron chi connectivity index (χ1n) is 7.45. The molecule has 1 N–H and O–H groups in total. The summed E-state index contributed by atoms with van der Waals surface area (Å²) in [4.78, 5) is 12.8. The fourth-order valence-electron chi connectivity index (χ4n) is 2.48. The molecule has 0 aromatic heterocycles. The van der Waals surface area contributed by atoms with Crippen molar-refractivity contribution in [3.05, 3.63) is 56.0 Å². The summed E-state index contributed by atoms with van der Waals surface area (Å²) in [5.41, 5.74) is 2.19. The van der Waals surface area contributed by atoms with E-state index in [9.17, 15) is 9.90 Å². The summed E-state index contributed by atoms with van der Waals surface area (Å²) >= 11 is 15.2. The molecule has 26 heavy (non-hydrogen) atoms. The van der Waals surface area contributed by atoms with Gasteiger partial charge in [0, 0.05) is 0 Å². The molecule has 0 spiro atoms. The highest BCUT2D eigenvalue weighted by Crippen LogP contribution is 2.36. The molecule has 1 heterocycles. The lowest BCUT2D eigenvalue weighted by Crippen LogP contribution is -2.21. The van der Waals surface area contributed by atoms with E-state index in [1.807, 2.05) is 0 Å². The van der Waals surface area contributed by atoms with Crippen molar-refractivity contribution in [1.29, 1.82) is 0 Å². The molecule has 5 nitrogen and oxygen atoms in total. The second-order valence-electron chi connectivity index (χ2n) is 5.51. The van der Waals surface area contributed by atoms with Gasteiger partial charge in [-0.3, -0.25) is 4.79 Å². The number of phenols is 1. The normalized spacial score (nSPS) is 15.6. The van der Waals surface area contributed by atoms with Crippen molar-refractivity contribution in [1.82, 2.24) is 0 Å². The number of hydrogen-bond donors (Lipinski definition) is 1. The van der Waals surface area contributed by atoms with Crippen molar-refractivity contribution in [2.24, 2.45) is 5.10 Å². The van der Waals surface area contributed by atoms with Crippen molar-refractivity contribution in [3.63, 3.8) is 0 Å². The number of methoxy groups -OCH3 is 1. The smallest absolute Gasteiger partial charge is 0.280 e. The quantitative estimate of drug-likeness (QED) is 0.640. The van der Waals surface area contributed by atoms with Gasteiger partial charge in [0.05, 0.1) is 38.6 Å². The number of rotatable bonds is 3. The number of anilines is 1. The number of carbonyl (C=O) groups is 1. The van der Waals surface area contributed by atoms with Gasteiger partial charge < -0.3 is 9.84 Å². The standard InChI is InChI=1S/C18H13BrCl2N2O3/c1-9-12(5-10-6-13(19)17(24)16(7-10)26-2)18(25)23(22-9)11-3-4-14(20)15(21)8-11/h3-8,24H,1-2H3/b12-5+. The van der Waals surface area contributed by atoms with Crippen LogP contribution in [0.25, 0.3) is 6.08 Å². The van der Waals surface area contributed by atoms with Crippen molar-refractivity contribution in [2.75, 3.05) is 12.1 Å². The van der Waals surface area contributed by atoms with Gasteiger partial charge in [-0.25, -0.2) is 0 Å². The highest BCUT2D eigenvalue weighted by Gasteiger charge is 2.29. The molecule has 1 aliphatic rings. The molecule has 2 aromatic rings. The summed E-state index contributed by atoms with van der Waals surface area (Å²) in [6, 6.07) is 8.19. The molecule has 0 bridgehead atoms. The van der Waals surface area contributed by atoms with Crippen LogP contribution in [-0.4, -0.2) is 23.8 Å². The summed E-state index contributed by atoms with van der Waals surface area (Å²) in [5, 5.41) is 16.2. The van der Waals surface area contributed by atoms with Crippen LogP contribution >= 0.6 is 39.1 Å². The summed E-state index contributed by atoms with van der Waals surface area (Å²) in [7, 11) is 1.46. The largest absolute Gasteiger partial charge is 0.503 e. The van der Waals surface area contributed by atoms with Crippen LogP contribution in [0, 0.1) is 0 Å². The Bertz CT molecular complexity index is 973. The fraction of sp³-hybridized carbons (Fsp3) is 0.111. The maximum atomic E-state index is 12.8. The molecule has 0 saturated heterocycles. The fourth-order valence-corrected chi connectivity index (χ4v) is 3.23. The monoisotopic (exact) mass is 454 g/mol. The van der Waals surface area contributed by atoms with Gasteiger partial charge in [0.25, 0.3) is 5.91 Å². The third kappa shape index (κ3) is 3.45. The third-order valence-electron chi connectivity index (χ3n) is 3.79. The lowest BCUT2D eigenvalue weighted by Gasteiger charge is -2.12. The van der Waals surface area contributed by atoms with Gasteiger partial charge in [-0.1, -0.05) is 23.2 Å². The molecule has 0 saturated carbocycles. The van der Waals surface area contributed by atoms with E-state index in [0.717, 1.165) is 0 Å². The molecule has 8 heteroatoms. The maximum absolute atomic E-state index is 12.8. The SMILES string of the molecule is COc1cc(/C=C2/C(=O)N(c3ccc(Cl)c(Cl)c3)N=C2C)cc(Br)c1O. The Labute approximate surface area is 168 Å². The summed E-state index contributed by atoms with van der Waals surface area (Å²) in [5.74, 6) is 0.00637. The van der Waals surface area contributed by atoms with E-state index in [1.165, 1.54) is 12.1 Å². The van der Waals surface area contributed by atoms with E-state index in [4.69, 9.17) is 27.9 Å². The van der Waals surface area contributed by atoms with Crippen LogP contribution < -0.4 is 9.75 Å². The van der Waals surface area contributed by atoms with E-state index >= 15 is 0 Å². The lowest BCUT2D eigenvalue weighted by molar-refractivity contribution is -0.114. The molecule has 0 unspecified atom stereocenters. The zero-order valence-electron chi connectivity index (χ0n) is 13.8. The van der Waals surface area contributed by atoms with Crippen LogP contribution in [0.4, 0.5) is 5.69 Å². The number of phenolic OH excluding ortho intramolecular Hbond substituents is 1. The number of halogens is 3. The van der Waals surface area contributed by atoms with Gasteiger partial charge in [0.2, 0.25) is 0 Å². The van der Waals surface area contributed by atoms with Crippen LogP contribution in [-0.2, 0) is 4.79 Å². The third-order valence-corrected chi connectivity index (χ3v) is 5.14. The van der Waals surface area contributed by atoms with Gasteiger partial charge in [0.15, 0.2) is 11.5 Å². The van der Waals surface area contributed by atoms with E-state index in [-0.39, 0.29) is 11.7 Å². The topological polar surface area (TPSA) is 62.1 Å². The number of benzene rings is 2. The first-order chi connectivity index (χ1) is 12.3. The summed E-state index contributed by atoms with van der Waals surface area (Å²) in [6.07, 6.45) is 1.69. The molecule has 0 fully saturated rings. The van der Waals surface area contributed by atoms with Gasteiger partial charge >= 0.3 is 0 Å². The average molecular weight is 456 g/mol. The molecule has 0 aliphatic carbocycles. The second-order valence-corrected chi connectivity index (χ2v) is 7.18. The summed E-state index contributed by atoms with van der Waals surface area (Å²) < 4.78 is 5.60. The number of hydrogen-bond acceptors (Lipinski definition) is 4. The number of carbonyl (C=O) groups excluding carboxylic acids is 1. The highest BCUT2D eigenvalue weighted by molar-refractivity contribution is 9.10. The van der Waals surface area contributed by atoms with Crippen molar-refractivity contribution < 1.29 is 14.6 Å². The van der Waals surface area contributed by atoms with Crippen LogP contribution in [0.1, 0.15) is 12.5 Å². The van der Waals surface area contributed by atoms with Crippen molar-refractivity contribution in [3.8, 4) is 11.5 Å². The minimum absolute atomic E-state index is 0.00443. The van der Waals surface area contributed by atoms with Crippen LogP contribution in [0.3, 0.4) is 0 Å². The van der Waals surface area contributed by atoms with Gasteiger partial charge in [-0.05, 0) is 64.8 Å². The second kappa shape index (κ2) is 7.31. The molecule has 1 amide bonds. The predicted molar refractivity (Wildman–Crippen MR) is 107 cm³/mol. The Morgan fingerprint density at radius 2 is 1.96 bits per heavy atom. The average Bonchev–Trinajstić information content (AvgIpc) is 2.88. The predicted octanol–water partition coefficient (Wildman–Crippen LogP) is 5.28. The van der Waals surface area contributed by atoms with Gasteiger partial charge in [-0.2, -0.15) is 10.1 Å². The highest BCUT2D eigenvalue weighted by atomic mass is 79.9. The molecular formula is C18H13BrCl2N2O3. The number of aromatic hydroxyl groups is 1. The van der Waals surface area contributed by atoms with E-state index < -0.39 is 0 Å². The van der Waals surface area contributed by atoms with Crippen LogP contribution in [0.15, 0.2) is 45.5 Å². The molecule has 134 valence electrons.